The summed E-state index contributed by atoms with van der Waals surface area (Å²) in [5.41, 5.74) is -0.830. The average molecular weight is 300 g/mol. The van der Waals surface area contributed by atoms with E-state index in [4.69, 9.17) is 4.74 Å². The third kappa shape index (κ3) is 5.00. The van der Waals surface area contributed by atoms with Gasteiger partial charge in [-0.15, -0.1) is 0 Å². The molecule has 0 fully saturated rings. The maximum Gasteiger partial charge on any atom is 0.319 e. The highest BCUT2D eigenvalue weighted by atomic mass is 32.2. The van der Waals surface area contributed by atoms with Gasteiger partial charge in [-0.2, -0.15) is 4.98 Å². The Morgan fingerprint density at radius 1 is 1.55 bits per heavy atom. The van der Waals surface area contributed by atoms with Gasteiger partial charge in [-0.25, -0.2) is 4.98 Å². The lowest BCUT2D eigenvalue weighted by Gasteiger charge is -2.19. The molecule has 20 heavy (non-hydrogen) atoms. The highest BCUT2D eigenvalue weighted by Gasteiger charge is 2.21. The number of hydrogen-bond acceptors (Lipinski definition) is 8. The van der Waals surface area contributed by atoms with Crippen LogP contribution in [-0.4, -0.2) is 39.3 Å². The molecule has 110 valence electrons. The van der Waals surface area contributed by atoms with Crippen LogP contribution in [0.25, 0.3) is 0 Å². The Labute approximate surface area is 120 Å². The zero-order valence-electron chi connectivity index (χ0n) is 11.7. The van der Waals surface area contributed by atoms with Crippen LogP contribution in [0.2, 0.25) is 0 Å². The summed E-state index contributed by atoms with van der Waals surface area (Å²) in [6.07, 6.45) is 1.11. The monoisotopic (exact) mass is 300 g/mol. The summed E-state index contributed by atoms with van der Waals surface area (Å²) in [4.78, 5) is 29.6. The van der Waals surface area contributed by atoms with E-state index < -0.39 is 16.5 Å². The Bertz CT molecular complexity index is 516. The van der Waals surface area contributed by atoms with E-state index >= 15 is 0 Å². The number of esters is 1. The quantitative estimate of drug-likeness (QED) is 0.289. The molecule has 1 aromatic rings. The summed E-state index contributed by atoms with van der Waals surface area (Å²) in [5, 5.41) is 13.7. The van der Waals surface area contributed by atoms with Crippen LogP contribution in [-0.2, 0) is 9.53 Å². The minimum atomic E-state index is -0.592. The molecule has 9 heteroatoms. The molecule has 0 saturated carbocycles. The van der Waals surface area contributed by atoms with E-state index in [9.17, 15) is 14.9 Å². The van der Waals surface area contributed by atoms with E-state index in [2.05, 4.69) is 15.3 Å². The van der Waals surface area contributed by atoms with Gasteiger partial charge in [0.2, 0.25) is 5.95 Å². The van der Waals surface area contributed by atoms with Crippen LogP contribution in [0.5, 0.6) is 0 Å². The molecule has 1 N–H and O–H groups in total. The molecular weight excluding hydrogens is 284 g/mol. The fraction of sp³-hybridized carbons (Fsp3) is 0.545. The number of rotatable bonds is 5. The Kier molecular flexibility index (Phi) is 5.26. The van der Waals surface area contributed by atoms with Crippen LogP contribution < -0.4 is 5.32 Å². The topological polar surface area (TPSA) is 107 Å². The normalized spacial score (nSPS) is 11.0. The van der Waals surface area contributed by atoms with E-state index in [1.165, 1.54) is 0 Å². The van der Waals surface area contributed by atoms with Crippen LogP contribution in [0.4, 0.5) is 11.6 Å². The Hall–Kier alpha value is -1.90. The zero-order valence-corrected chi connectivity index (χ0v) is 12.5. The summed E-state index contributed by atoms with van der Waals surface area (Å²) >= 11 is 0.946. The first-order chi connectivity index (χ1) is 9.23. The van der Waals surface area contributed by atoms with Gasteiger partial charge in [0, 0.05) is 7.05 Å². The second-order valence-corrected chi connectivity index (χ2v) is 5.73. The molecule has 0 atom stereocenters. The van der Waals surface area contributed by atoms with Gasteiger partial charge >= 0.3 is 11.7 Å². The van der Waals surface area contributed by atoms with Gasteiger partial charge in [0.15, 0.2) is 5.03 Å². The smallest absolute Gasteiger partial charge is 0.319 e. The Morgan fingerprint density at radius 2 is 2.20 bits per heavy atom. The maximum atomic E-state index is 11.6. The van der Waals surface area contributed by atoms with E-state index in [1.807, 2.05) is 0 Å². The Morgan fingerprint density at radius 3 is 2.70 bits per heavy atom. The van der Waals surface area contributed by atoms with Crippen molar-refractivity contribution in [1.29, 1.82) is 0 Å². The lowest BCUT2D eigenvalue weighted by Crippen LogP contribution is -2.25. The van der Waals surface area contributed by atoms with Crippen molar-refractivity contribution in [3.63, 3.8) is 0 Å². The SMILES string of the molecule is CNc1ncc([N+](=O)[O-])c(SCC(=O)OC(C)(C)C)n1. The molecule has 1 heterocycles. The van der Waals surface area contributed by atoms with Crippen molar-refractivity contribution in [2.75, 3.05) is 18.1 Å². The Balaban J connectivity index is 2.80. The van der Waals surface area contributed by atoms with Crippen molar-refractivity contribution < 1.29 is 14.5 Å². The molecule has 0 bridgehead atoms. The number of ether oxygens (including phenoxy) is 1. The van der Waals surface area contributed by atoms with E-state index in [0.29, 0.717) is 0 Å². The number of hydrogen-bond donors (Lipinski definition) is 1. The van der Waals surface area contributed by atoms with Crippen LogP contribution in [0.3, 0.4) is 0 Å². The van der Waals surface area contributed by atoms with Gasteiger partial charge in [0.1, 0.15) is 11.8 Å². The largest absolute Gasteiger partial charge is 0.459 e. The minimum Gasteiger partial charge on any atom is -0.459 e. The number of nitro groups is 1. The van der Waals surface area contributed by atoms with Crippen LogP contribution >= 0.6 is 11.8 Å². The summed E-state index contributed by atoms with van der Waals surface area (Å²) in [7, 11) is 1.60. The minimum absolute atomic E-state index is 0.0573. The molecule has 0 aliphatic carbocycles. The molecule has 0 aliphatic rings. The first kappa shape index (κ1) is 16.2. The van der Waals surface area contributed by atoms with Crippen LogP contribution in [0.1, 0.15) is 20.8 Å². The van der Waals surface area contributed by atoms with E-state index in [1.54, 1.807) is 27.8 Å². The summed E-state index contributed by atoms with van der Waals surface area (Å²) in [6, 6.07) is 0. The number of aromatic nitrogens is 2. The van der Waals surface area contributed by atoms with Gasteiger partial charge in [0.05, 0.1) is 10.7 Å². The van der Waals surface area contributed by atoms with Crippen molar-refractivity contribution in [1.82, 2.24) is 9.97 Å². The third-order valence-electron chi connectivity index (χ3n) is 1.90. The molecule has 0 unspecified atom stereocenters. The molecule has 0 aromatic carbocycles. The second-order valence-electron chi connectivity index (χ2n) is 4.77. The predicted octanol–water partition coefficient (Wildman–Crippen LogP) is 1.86. The lowest BCUT2D eigenvalue weighted by atomic mass is 10.2. The van der Waals surface area contributed by atoms with E-state index in [0.717, 1.165) is 18.0 Å². The van der Waals surface area contributed by atoms with Crippen molar-refractivity contribution >= 4 is 29.4 Å². The first-order valence-electron chi connectivity index (χ1n) is 5.77. The zero-order chi connectivity index (χ0) is 15.3. The molecule has 0 spiro atoms. The maximum absolute atomic E-state index is 11.6. The highest BCUT2D eigenvalue weighted by Crippen LogP contribution is 2.27. The fourth-order valence-electron chi connectivity index (χ4n) is 1.21. The van der Waals surface area contributed by atoms with Crippen LogP contribution in [0, 0.1) is 10.1 Å². The molecule has 0 amide bonds. The van der Waals surface area contributed by atoms with Crippen molar-refractivity contribution in [2.24, 2.45) is 0 Å². The summed E-state index contributed by atoms with van der Waals surface area (Å²) in [5.74, 6) is -0.262. The molecule has 0 radical (unpaired) electrons. The molecule has 0 saturated heterocycles. The third-order valence-corrected chi connectivity index (χ3v) is 2.86. The summed E-state index contributed by atoms with van der Waals surface area (Å²) < 4.78 is 5.13. The van der Waals surface area contributed by atoms with Gasteiger partial charge in [0.25, 0.3) is 0 Å². The first-order valence-corrected chi connectivity index (χ1v) is 6.75. The van der Waals surface area contributed by atoms with Crippen LogP contribution in [0.15, 0.2) is 11.2 Å². The highest BCUT2D eigenvalue weighted by molar-refractivity contribution is 8.00. The second kappa shape index (κ2) is 6.51. The van der Waals surface area contributed by atoms with Gasteiger partial charge in [-0.1, -0.05) is 11.8 Å². The van der Waals surface area contributed by atoms with E-state index in [-0.39, 0.29) is 22.4 Å². The van der Waals surface area contributed by atoms with Gasteiger partial charge in [-0.3, -0.25) is 14.9 Å². The number of carbonyl (C=O) groups excluding carboxylic acids is 1. The molecule has 0 aliphatic heterocycles. The van der Waals surface area contributed by atoms with Crippen molar-refractivity contribution in [3.8, 4) is 0 Å². The number of nitrogens with one attached hydrogen (secondary N) is 1. The number of thioether (sulfide) groups is 1. The molecule has 1 aromatic heterocycles. The average Bonchev–Trinajstić information content (AvgIpc) is 2.33. The molecule has 8 nitrogen and oxygen atoms in total. The number of anilines is 1. The standard InChI is InChI=1S/C11H16N4O4S/c1-11(2,3)19-8(16)6-20-9-7(15(17)18)5-13-10(12-4)14-9/h5H,6H2,1-4H3,(H,12,13,14). The predicted molar refractivity (Wildman–Crippen MR) is 74.8 cm³/mol. The number of nitrogens with zero attached hydrogens (tertiary/aromatic N) is 3. The van der Waals surface area contributed by atoms with Crippen molar-refractivity contribution in [3.05, 3.63) is 16.3 Å². The lowest BCUT2D eigenvalue weighted by molar-refractivity contribution is -0.388. The molecule has 1 rings (SSSR count). The van der Waals surface area contributed by atoms with Gasteiger partial charge < -0.3 is 10.1 Å². The van der Waals surface area contributed by atoms with Crippen molar-refractivity contribution in [2.45, 2.75) is 31.4 Å². The summed E-state index contributed by atoms with van der Waals surface area (Å²) in [6.45, 7) is 5.26. The fourth-order valence-corrected chi connectivity index (χ4v) is 1.95. The molecular formula is C11H16N4O4S. The van der Waals surface area contributed by atoms with Gasteiger partial charge in [-0.05, 0) is 20.8 Å². The number of carbonyl (C=O) groups is 1.